The molecule has 24 heavy (non-hydrogen) atoms. The number of methoxy groups -OCH3 is 1. The van der Waals surface area contributed by atoms with Gasteiger partial charge in [0.25, 0.3) is 0 Å². The number of hydrogen-bond donors (Lipinski definition) is 0. The molecule has 0 fully saturated rings. The van der Waals surface area contributed by atoms with Crippen LogP contribution in [-0.4, -0.2) is 13.3 Å². The minimum Gasteiger partial charge on any atom is -0.487 e. The number of hydrogen-bond acceptors (Lipinski definition) is 4. The van der Waals surface area contributed by atoms with E-state index in [0.29, 0.717) is 15.8 Å². The van der Waals surface area contributed by atoms with Gasteiger partial charge in [0.05, 0.1) is 17.7 Å². The summed E-state index contributed by atoms with van der Waals surface area (Å²) in [5.74, 6) is -0.260. The molecule has 0 aliphatic heterocycles. The first-order valence-electron chi connectivity index (χ1n) is 7.10. The van der Waals surface area contributed by atoms with Crippen LogP contribution in [0.1, 0.15) is 18.1 Å². The van der Waals surface area contributed by atoms with Crippen LogP contribution >= 0.6 is 23.2 Å². The van der Waals surface area contributed by atoms with Crippen molar-refractivity contribution in [1.29, 1.82) is 0 Å². The largest absolute Gasteiger partial charge is 0.513 e. The van der Waals surface area contributed by atoms with Gasteiger partial charge in [-0.25, -0.2) is 9.18 Å². The standard InChI is InChI=1S/C17H15Cl2FO4/c1-3-10-7-13(19)16(8-12(10)18)23-9-11-14(20)5-4-6-15(11)24-17(21)22-2/h4-8H,3,9H2,1-2H3. The van der Waals surface area contributed by atoms with Crippen LogP contribution in [0.15, 0.2) is 30.3 Å². The quantitative estimate of drug-likeness (QED) is 0.519. The molecule has 2 rings (SSSR count). The Labute approximate surface area is 149 Å². The Hall–Kier alpha value is -1.98. The highest BCUT2D eigenvalue weighted by Crippen LogP contribution is 2.33. The normalized spacial score (nSPS) is 10.4. The first-order chi connectivity index (χ1) is 11.5. The fourth-order valence-corrected chi connectivity index (χ4v) is 2.54. The molecule has 4 nitrogen and oxygen atoms in total. The van der Waals surface area contributed by atoms with E-state index in [1.807, 2.05) is 6.92 Å². The lowest BCUT2D eigenvalue weighted by molar-refractivity contribution is 0.120. The van der Waals surface area contributed by atoms with Gasteiger partial charge in [0, 0.05) is 11.1 Å². The molecule has 0 aliphatic carbocycles. The van der Waals surface area contributed by atoms with Crippen LogP contribution in [-0.2, 0) is 17.8 Å². The molecular weight excluding hydrogens is 358 g/mol. The summed E-state index contributed by atoms with van der Waals surface area (Å²) < 4.78 is 28.9. The topological polar surface area (TPSA) is 44.8 Å². The van der Waals surface area contributed by atoms with Crippen molar-refractivity contribution >= 4 is 29.4 Å². The zero-order valence-corrected chi connectivity index (χ0v) is 14.6. The maximum atomic E-state index is 14.0. The summed E-state index contributed by atoms with van der Waals surface area (Å²) in [6.45, 7) is 1.76. The molecule has 0 aromatic heterocycles. The molecule has 7 heteroatoms. The Balaban J connectivity index is 2.23. The Bertz CT molecular complexity index is 750. The molecule has 0 atom stereocenters. The summed E-state index contributed by atoms with van der Waals surface area (Å²) in [7, 11) is 1.16. The maximum absolute atomic E-state index is 14.0. The predicted octanol–water partition coefficient (Wildman–Crippen LogP) is 5.42. The predicted molar refractivity (Wildman–Crippen MR) is 89.6 cm³/mol. The number of carbonyl (C=O) groups excluding carboxylic acids is 1. The van der Waals surface area contributed by atoms with Crippen LogP contribution < -0.4 is 9.47 Å². The summed E-state index contributed by atoms with van der Waals surface area (Å²) in [6, 6.07) is 7.36. The highest BCUT2D eigenvalue weighted by molar-refractivity contribution is 6.34. The molecule has 0 N–H and O–H groups in total. The smallest absolute Gasteiger partial charge is 0.487 e. The van der Waals surface area contributed by atoms with Crippen molar-refractivity contribution < 1.29 is 23.4 Å². The van der Waals surface area contributed by atoms with E-state index in [9.17, 15) is 9.18 Å². The van der Waals surface area contributed by atoms with Gasteiger partial charge < -0.3 is 14.2 Å². The summed E-state index contributed by atoms with van der Waals surface area (Å²) in [6.07, 6.45) is -0.223. The maximum Gasteiger partial charge on any atom is 0.513 e. The molecule has 2 aromatic carbocycles. The minimum absolute atomic E-state index is 0.00856. The van der Waals surface area contributed by atoms with Crippen molar-refractivity contribution in [2.75, 3.05) is 7.11 Å². The number of rotatable bonds is 5. The summed E-state index contributed by atoms with van der Waals surface area (Å²) in [5.41, 5.74) is 0.948. The zero-order valence-electron chi connectivity index (χ0n) is 13.1. The van der Waals surface area contributed by atoms with E-state index in [2.05, 4.69) is 4.74 Å². The van der Waals surface area contributed by atoms with Crippen molar-refractivity contribution in [3.63, 3.8) is 0 Å². The van der Waals surface area contributed by atoms with Gasteiger partial charge in [-0.15, -0.1) is 0 Å². The zero-order chi connectivity index (χ0) is 17.7. The average Bonchev–Trinajstić information content (AvgIpc) is 2.56. The second-order valence-corrected chi connectivity index (χ2v) is 5.60. The molecule has 0 radical (unpaired) electrons. The number of carbonyl (C=O) groups is 1. The molecule has 0 spiro atoms. The fourth-order valence-electron chi connectivity index (χ4n) is 2.01. The van der Waals surface area contributed by atoms with E-state index in [1.165, 1.54) is 18.2 Å². The Morgan fingerprint density at radius 3 is 2.58 bits per heavy atom. The molecule has 0 bridgehead atoms. The Morgan fingerprint density at radius 2 is 1.92 bits per heavy atom. The number of halogens is 3. The monoisotopic (exact) mass is 372 g/mol. The molecule has 0 amide bonds. The van der Waals surface area contributed by atoms with Crippen LogP contribution in [0.25, 0.3) is 0 Å². The van der Waals surface area contributed by atoms with E-state index in [0.717, 1.165) is 19.1 Å². The Morgan fingerprint density at radius 1 is 1.17 bits per heavy atom. The summed E-state index contributed by atoms with van der Waals surface area (Å²) in [5, 5.41) is 0.875. The number of benzene rings is 2. The van der Waals surface area contributed by atoms with Crippen molar-refractivity contribution in [2.45, 2.75) is 20.0 Å². The van der Waals surface area contributed by atoms with Crippen molar-refractivity contribution in [3.05, 3.63) is 57.3 Å². The van der Waals surface area contributed by atoms with Gasteiger partial charge in [-0.3, -0.25) is 0 Å². The lowest BCUT2D eigenvalue weighted by Gasteiger charge is -2.13. The van der Waals surface area contributed by atoms with Crippen molar-refractivity contribution in [2.24, 2.45) is 0 Å². The lowest BCUT2D eigenvalue weighted by Crippen LogP contribution is -2.11. The molecule has 0 unspecified atom stereocenters. The van der Waals surface area contributed by atoms with Crippen molar-refractivity contribution in [3.8, 4) is 11.5 Å². The highest BCUT2D eigenvalue weighted by Gasteiger charge is 2.15. The van der Waals surface area contributed by atoms with E-state index in [4.69, 9.17) is 32.7 Å². The second-order valence-electron chi connectivity index (χ2n) is 4.79. The van der Waals surface area contributed by atoms with E-state index in [-0.39, 0.29) is 17.9 Å². The third kappa shape index (κ3) is 4.30. The van der Waals surface area contributed by atoms with Gasteiger partial charge in [0.2, 0.25) is 0 Å². The third-order valence-corrected chi connectivity index (χ3v) is 3.94. The van der Waals surface area contributed by atoms with Gasteiger partial charge in [0.1, 0.15) is 23.9 Å². The van der Waals surface area contributed by atoms with Crippen LogP contribution in [0.2, 0.25) is 10.0 Å². The van der Waals surface area contributed by atoms with Gasteiger partial charge in [-0.1, -0.05) is 36.2 Å². The van der Waals surface area contributed by atoms with Crippen LogP contribution in [0, 0.1) is 5.82 Å². The lowest BCUT2D eigenvalue weighted by atomic mass is 10.1. The van der Waals surface area contributed by atoms with E-state index < -0.39 is 12.0 Å². The van der Waals surface area contributed by atoms with E-state index in [1.54, 1.807) is 12.1 Å². The Kier molecular flexibility index (Phi) is 6.29. The van der Waals surface area contributed by atoms with E-state index >= 15 is 0 Å². The highest BCUT2D eigenvalue weighted by atomic mass is 35.5. The molecule has 0 saturated heterocycles. The van der Waals surface area contributed by atoms with Gasteiger partial charge in [-0.05, 0) is 30.2 Å². The molecule has 0 heterocycles. The molecule has 0 saturated carbocycles. The second kappa shape index (κ2) is 8.22. The third-order valence-electron chi connectivity index (χ3n) is 3.29. The van der Waals surface area contributed by atoms with Gasteiger partial charge in [0.15, 0.2) is 0 Å². The molecule has 2 aromatic rings. The summed E-state index contributed by atoms with van der Waals surface area (Å²) in [4.78, 5) is 11.2. The number of aryl methyl sites for hydroxylation is 1. The first-order valence-corrected chi connectivity index (χ1v) is 7.85. The van der Waals surface area contributed by atoms with Gasteiger partial charge in [-0.2, -0.15) is 0 Å². The first kappa shape index (κ1) is 18.4. The number of ether oxygens (including phenoxy) is 3. The van der Waals surface area contributed by atoms with Gasteiger partial charge >= 0.3 is 6.16 Å². The average molecular weight is 373 g/mol. The molecule has 0 aliphatic rings. The molecular formula is C17H15Cl2FO4. The van der Waals surface area contributed by atoms with Crippen LogP contribution in [0.5, 0.6) is 11.5 Å². The SMILES string of the molecule is CCc1cc(Cl)c(OCc2c(F)cccc2OC(=O)OC)cc1Cl. The minimum atomic E-state index is -0.949. The fraction of sp³-hybridized carbons (Fsp3) is 0.235. The van der Waals surface area contributed by atoms with Crippen molar-refractivity contribution in [1.82, 2.24) is 0 Å². The van der Waals surface area contributed by atoms with Crippen LogP contribution in [0.4, 0.5) is 9.18 Å². The van der Waals surface area contributed by atoms with Crippen LogP contribution in [0.3, 0.4) is 0 Å². The summed E-state index contributed by atoms with van der Waals surface area (Å²) >= 11 is 12.3. The molecule has 128 valence electrons.